The lowest BCUT2D eigenvalue weighted by Crippen LogP contribution is -2.23. The van der Waals surface area contributed by atoms with Crippen molar-refractivity contribution in [3.05, 3.63) is 46.9 Å². The Balaban J connectivity index is 2.35. The first-order valence-corrected chi connectivity index (χ1v) is 5.84. The highest BCUT2D eigenvalue weighted by molar-refractivity contribution is 5.62. The van der Waals surface area contributed by atoms with Crippen LogP contribution in [-0.2, 0) is 0 Å². The van der Waals surface area contributed by atoms with Crippen LogP contribution in [0.15, 0.2) is 40.5 Å². The molecule has 3 heteroatoms. The highest BCUT2D eigenvalue weighted by Crippen LogP contribution is 2.31. The number of nitrogens with zero attached hydrogens (tertiary/aromatic N) is 1. The van der Waals surface area contributed by atoms with Crippen molar-refractivity contribution in [1.29, 1.82) is 0 Å². The van der Waals surface area contributed by atoms with E-state index in [1.54, 1.807) is 18.5 Å². The second-order valence-electron chi connectivity index (χ2n) is 4.63. The number of rotatable bonds is 2. The minimum atomic E-state index is -0.211. The molecule has 1 unspecified atom stereocenters. The van der Waals surface area contributed by atoms with Crippen LogP contribution in [0.1, 0.15) is 32.4 Å². The third-order valence-electron chi connectivity index (χ3n) is 3.04. The summed E-state index contributed by atoms with van der Waals surface area (Å²) in [5.41, 5.74) is 3.43. The summed E-state index contributed by atoms with van der Waals surface area (Å²) in [7, 11) is 0. The zero-order valence-electron chi connectivity index (χ0n) is 10.4. The molecule has 0 radical (unpaired) electrons. The Bertz CT molecular complexity index is 458. The van der Waals surface area contributed by atoms with Crippen LogP contribution >= 0.6 is 0 Å². The molecular weight excluding hydrogens is 215 g/mol. The van der Waals surface area contributed by atoms with Crippen molar-refractivity contribution in [2.45, 2.75) is 26.8 Å². The Morgan fingerprint density at radius 3 is 2.47 bits per heavy atom. The smallest absolute Gasteiger partial charge is 0.123 e. The monoisotopic (exact) mass is 232 g/mol. The number of halogens is 1. The molecule has 2 nitrogen and oxygen atoms in total. The number of hydrogen-bond donors (Lipinski definition) is 1. The van der Waals surface area contributed by atoms with Crippen LogP contribution in [0.4, 0.5) is 4.39 Å². The van der Waals surface area contributed by atoms with Crippen LogP contribution in [0, 0.1) is 11.7 Å². The van der Waals surface area contributed by atoms with Gasteiger partial charge in [-0.2, -0.15) is 0 Å². The molecular formula is C14H17FN2. The molecule has 90 valence electrons. The SMILES string of the molecule is CC1=C(C(C)C)NC=NC1c1ccc(F)cc1. The van der Waals surface area contributed by atoms with Gasteiger partial charge in [0.2, 0.25) is 0 Å². The standard InChI is InChI=1S/C14H17FN2/c1-9(2)13-10(3)14(17-8-16-13)11-4-6-12(15)7-5-11/h4-9,14H,1-3H3,(H,16,17). The van der Waals surface area contributed by atoms with E-state index in [0.29, 0.717) is 5.92 Å². The molecule has 0 saturated heterocycles. The number of hydrogen-bond acceptors (Lipinski definition) is 2. The summed E-state index contributed by atoms with van der Waals surface area (Å²) in [6, 6.07) is 6.56. The van der Waals surface area contributed by atoms with Crippen LogP contribution in [0.2, 0.25) is 0 Å². The van der Waals surface area contributed by atoms with Crippen molar-refractivity contribution < 1.29 is 4.39 Å². The van der Waals surface area contributed by atoms with E-state index in [1.807, 2.05) is 0 Å². The largest absolute Gasteiger partial charge is 0.350 e. The van der Waals surface area contributed by atoms with E-state index in [1.165, 1.54) is 23.4 Å². The molecule has 0 aliphatic carbocycles. The molecule has 0 fully saturated rings. The first kappa shape index (κ1) is 11.8. The topological polar surface area (TPSA) is 24.4 Å². The normalized spacial score (nSPS) is 19.7. The Kier molecular flexibility index (Phi) is 3.27. The lowest BCUT2D eigenvalue weighted by atomic mass is 9.94. The van der Waals surface area contributed by atoms with Gasteiger partial charge in [0.1, 0.15) is 5.82 Å². The Morgan fingerprint density at radius 1 is 1.24 bits per heavy atom. The highest BCUT2D eigenvalue weighted by Gasteiger charge is 2.20. The molecule has 1 aromatic carbocycles. The van der Waals surface area contributed by atoms with E-state index in [9.17, 15) is 4.39 Å². The van der Waals surface area contributed by atoms with Gasteiger partial charge in [-0.1, -0.05) is 26.0 Å². The van der Waals surface area contributed by atoms with Gasteiger partial charge in [-0.3, -0.25) is 4.99 Å². The zero-order valence-corrected chi connectivity index (χ0v) is 10.4. The quantitative estimate of drug-likeness (QED) is 0.830. The summed E-state index contributed by atoms with van der Waals surface area (Å²) < 4.78 is 12.9. The molecule has 0 spiro atoms. The van der Waals surface area contributed by atoms with Crippen molar-refractivity contribution in [2.24, 2.45) is 10.9 Å². The van der Waals surface area contributed by atoms with Crippen molar-refractivity contribution >= 4 is 6.34 Å². The molecule has 17 heavy (non-hydrogen) atoms. The van der Waals surface area contributed by atoms with E-state index in [4.69, 9.17) is 0 Å². The molecule has 0 aromatic heterocycles. The fourth-order valence-corrected chi connectivity index (χ4v) is 2.16. The predicted molar refractivity (Wildman–Crippen MR) is 68.3 cm³/mol. The molecule has 1 aromatic rings. The lowest BCUT2D eigenvalue weighted by Gasteiger charge is -2.25. The summed E-state index contributed by atoms with van der Waals surface area (Å²) in [4.78, 5) is 4.43. The summed E-state index contributed by atoms with van der Waals surface area (Å²) in [6.45, 7) is 6.37. The molecule has 2 rings (SSSR count). The second kappa shape index (κ2) is 4.70. The summed E-state index contributed by atoms with van der Waals surface area (Å²) in [5.74, 6) is 0.224. The van der Waals surface area contributed by atoms with E-state index >= 15 is 0 Å². The van der Waals surface area contributed by atoms with Gasteiger partial charge in [-0.25, -0.2) is 4.39 Å². The molecule has 1 N–H and O–H groups in total. The Hall–Kier alpha value is -1.64. The third-order valence-corrected chi connectivity index (χ3v) is 3.04. The highest BCUT2D eigenvalue weighted by atomic mass is 19.1. The number of aliphatic imine (C=N–C) groups is 1. The van der Waals surface area contributed by atoms with Crippen molar-refractivity contribution in [1.82, 2.24) is 5.32 Å². The van der Waals surface area contributed by atoms with Gasteiger partial charge in [-0.05, 0) is 36.1 Å². The first-order valence-electron chi connectivity index (χ1n) is 5.84. The Labute approximate surface area is 101 Å². The summed E-state index contributed by atoms with van der Waals surface area (Å²) in [6.07, 6.45) is 1.73. The Morgan fingerprint density at radius 2 is 1.88 bits per heavy atom. The van der Waals surface area contributed by atoms with Gasteiger partial charge in [0.15, 0.2) is 0 Å². The fraction of sp³-hybridized carbons (Fsp3) is 0.357. The van der Waals surface area contributed by atoms with E-state index < -0.39 is 0 Å². The van der Waals surface area contributed by atoms with Crippen LogP contribution in [0.3, 0.4) is 0 Å². The van der Waals surface area contributed by atoms with Gasteiger partial charge < -0.3 is 5.32 Å². The lowest BCUT2D eigenvalue weighted by molar-refractivity contribution is 0.625. The molecule has 0 amide bonds. The zero-order chi connectivity index (χ0) is 12.4. The molecule has 0 saturated carbocycles. The van der Waals surface area contributed by atoms with E-state index in [0.717, 1.165) is 5.56 Å². The summed E-state index contributed by atoms with van der Waals surface area (Å²) >= 11 is 0. The predicted octanol–water partition coefficient (Wildman–Crippen LogP) is 3.43. The average Bonchev–Trinajstić information content (AvgIpc) is 2.30. The molecule has 0 bridgehead atoms. The van der Waals surface area contributed by atoms with Crippen molar-refractivity contribution in [2.75, 3.05) is 0 Å². The first-order chi connectivity index (χ1) is 8.09. The van der Waals surface area contributed by atoms with Crippen molar-refractivity contribution in [3.8, 4) is 0 Å². The number of benzene rings is 1. The van der Waals surface area contributed by atoms with Gasteiger partial charge in [0.25, 0.3) is 0 Å². The average molecular weight is 232 g/mol. The minimum absolute atomic E-state index is 0.00856. The maximum absolute atomic E-state index is 12.9. The fourth-order valence-electron chi connectivity index (χ4n) is 2.16. The van der Waals surface area contributed by atoms with Gasteiger partial charge in [-0.15, -0.1) is 0 Å². The number of allylic oxidation sites excluding steroid dienone is 1. The third kappa shape index (κ3) is 2.38. The molecule has 1 atom stereocenters. The van der Waals surface area contributed by atoms with Crippen molar-refractivity contribution in [3.63, 3.8) is 0 Å². The van der Waals surface area contributed by atoms with Gasteiger partial charge >= 0.3 is 0 Å². The maximum atomic E-state index is 12.9. The van der Waals surface area contributed by atoms with Crippen LogP contribution in [-0.4, -0.2) is 6.34 Å². The van der Waals surface area contributed by atoms with Crippen LogP contribution in [0.25, 0.3) is 0 Å². The van der Waals surface area contributed by atoms with E-state index in [-0.39, 0.29) is 11.9 Å². The second-order valence-corrected chi connectivity index (χ2v) is 4.63. The molecule has 1 heterocycles. The van der Waals surface area contributed by atoms with Crippen LogP contribution in [0.5, 0.6) is 0 Å². The number of nitrogens with one attached hydrogen (secondary N) is 1. The van der Waals surface area contributed by atoms with Gasteiger partial charge in [0.05, 0.1) is 12.4 Å². The summed E-state index contributed by atoms with van der Waals surface area (Å²) in [5, 5.41) is 3.19. The maximum Gasteiger partial charge on any atom is 0.123 e. The minimum Gasteiger partial charge on any atom is -0.350 e. The van der Waals surface area contributed by atoms with Crippen LogP contribution < -0.4 is 5.32 Å². The van der Waals surface area contributed by atoms with E-state index in [2.05, 4.69) is 31.1 Å². The molecule has 1 aliphatic heterocycles. The van der Waals surface area contributed by atoms with Gasteiger partial charge in [0, 0.05) is 5.70 Å². The molecule has 1 aliphatic rings.